The molecule has 0 amide bonds. The van der Waals surface area contributed by atoms with Gasteiger partial charge in [-0.1, -0.05) is 0 Å². The van der Waals surface area contributed by atoms with Gasteiger partial charge < -0.3 is 5.73 Å². The van der Waals surface area contributed by atoms with E-state index in [1.165, 1.54) is 6.92 Å². The number of halogens is 2. The molecule has 0 aliphatic carbocycles. The largest absolute Gasteiger partial charge is 0.396 e. The van der Waals surface area contributed by atoms with E-state index in [4.69, 9.17) is 5.73 Å². The van der Waals surface area contributed by atoms with Crippen LogP contribution in [0.3, 0.4) is 0 Å². The summed E-state index contributed by atoms with van der Waals surface area (Å²) in [6.07, 6.45) is 0. The van der Waals surface area contributed by atoms with E-state index in [-0.39, 0.29) is 10.6 Å². The second kappa shape index (κ2) is 5.57. The zero-order valence-corrected chi connectivity index (χ0v) is 13.5. The van der Waals surface area contributed by atoms with Crippen molar-refractivity contribution in [2.24, 2.45) is 0 Å². The minimum atomic E-state index is -3.80. The first kappa shape index (κ1) is 15.0. The Kier molecular flexibility index (Phi) is 4.19. The van der Waals surface area contributed by atoms with E-state index >= 15 is 0 Å². The van der Waals surface area contributed by atoms with Crippen LogP contribution in [-0.4, -0.2) is 8.42 Å². The lowest BCUT2D eigenvalue weighted by molar-refractivity contribution is 0.599. The SMILES string of the molecule is Cc1cc(F)c(N)cc1S(=O)(=O)Nc1ccc(I)cc1. The van der Waals surface area contributed by atoms with Crippen LogP contribution < -0.4 is 10.5 Å². The molecule has 0 saturated carbocycles. The third-order valence-electron chi connectivity index (χ3n) is 2.68. The average molecular weight is 406 g/mol. The van der Waals surface area contributed by atoms with E-state index in [2.05, 4.69) is 27.3 Å². The van der Waals surface area contributed by atoms with Crippen LogP contribution in [0.15, 0.2) is 41.3 Å². The average Bonchev–Trinajstić information content (AvgIpc) is 2.36. The van der Waals surface area contributed by atoms with Crippen LogP contribution >= 0.6 is 22.6 Å². The number of nitrogen functional groups attached to an aromatic ring is 1. The minimum Gasteiger partial charge on any atom is -0.396 e. The standard InChI is InChI=1S/C13H12FIN2O2S/c1-8-6-11(14)12(16)7-13(8)20(18,19)17-10-4-2-9(15)3-5-10/h2-7,17H,16H2,1H3. The van der Waals surface area contributed by atoms with Crippen molar-refractivity contribution in [3.05, 3.63) is 51.3 Å². The fraction of sp³-hybridized carbons (Fsp3) is 0.0769. The number of benzene rings is 2. The summed E-state index contributed by atoms with van der Waals surface area (Å²) in [6.45, 7) is 1.52. The molecule has 106 valence electrons. The summed E-state index contributed by atoms with van der Waals surface area (Å²) in [7, 11) is -3.80. The lowest BCUT2D eigenvalue weighted by Gasteiger charge is -2.11. The van der Waals surface area contributed by atoms with E-state index in [1.807, 2.05) is 0 Å². The molecule has 0 radical (unpaired) electrons. The third kappa shape index (κ3) is 3.21. The van der Waals surface area contributed by atoms with Crippen LogP contribution in [-0.2, 0) is 10.0 Å². The van der Waals surface area contributed by atoms with Crippen LogP contribution in [0.5, 0.6) is 0 Å². The Morgan fingerprint density at radius 3 is 2.40 bits per heavy atom. The van der Waals surface area contributed by atoms with Gasteiger partial charge in [-0.15, -0.1) is 0 Å². The van der Waals surface area contributed by atoms with Crippen molar-refractivity contribution in [1.82, 2.24) is 0 Å². The van der Waals surface area contributed by atoms with Crippen molar-refractivity contribution in [3.8, 4) is 0 Å². The third-order valence-corrected chi connectivity index (χ3v) is 4.92. The molecule has 0 bridgehead atoms. The Hall–Kier alpha value is -1.35. The molecule has 0 aliphatic heterocycles. The number of rotatable bonds is 3. The smallest absolute Gasteiger partial charge is 0.262 e. The Balaban J connectivity index is 2.40. The number of hydrogen-bond donors (Lipinski definition) is 2. The topological polar surface area (TPSA) is 72.2 Å². The number of hydrogen-bond acceptors (Lipinski definition) is 3. The van der Waals surface area contributed by atoms with Crippen molar-refractivity contribution in [3.63, 3.8) is 0 Å². The highest BCUT2D eigenvalue weighted by molar-refractivity contribution is 14.1. The van der Waals surface area contributed by atoms with Gasteiger partial charge in [0.15, 0.2) is 0 Å². The van der Waals surface area contributed by atoms with Crippen molar-refractivity contribution in [2.75, 3.05) is 10.5 Å². The van der Waals surface area contributed by atoms with Crippen LogP contribution in [0.1, 0.15) is 5.56 Å². The molecule has 0 unspecified atom stereocenters. The van der Waals surface area contributed by atoms with Gasteiger partial charge >= 0.3 is 0 Å². The second-order valence-electron chi connectivity index (χ2n) is 4.25. The van der Waals surface area contributed by atoms with E-state index < -0.39 is 15.8 Å². The molecule has 0 aromatic heterocycles. The fourth-order valence-electron chi connectivity index (χ4n) is 1.69. The maximum atomic E-state index is 13.3. The zero-order chi connectivity index (χ0) is 14.9. The molecule has 4 nitrogen and oxygen atoms in total. The summed E-state index contributed by atoms with van der Waals surface area (Å²) in [4.78, 5) is -0.0325. The first-order valence-electron chi connectivity index (χ1n) is 5.63. The van der Waals surface area contributed by atoms with Gasteiger partial charge in [0.2, 0.25) is 0 Å². The maximum absolute atomic E-state index is 13.3. The number of sulfonamides is 1. The number of nitrogens with one attached hydrogen (secondary N) is 1. The molecular weight excluding hydrogens is 394 g/mol. The monoisotopic (exact) mass is 406 g/mol. The summed E-state index contributed by atoms with van der Waals surface area (Å²) in [5.41, 5.74) is 5.97. The summed E-state index contributed by atoms with van der Waals surface area (Å²) in [5, 5.41) is 0. The van der Waals surface area contributed by atoms with Gasteiger partial charge in [-0.2, -0.15) is 0 Å². The quantitative estimate of drug-likeness (QED) is 0.608. The Bertz CT molecular complexity index is 746. The number of nitrogens with two attached hydrogens (primary N) is 1. The minimum absolute atomic E-state index is 0.0325. The Morgan fingerprint density at radius 2 is 1.80 bits per heavy atom. The molecule has 0 spiro atoms. The normalized spacial score (nSPS) is 11.3. The predicted octanol–water partition coefficient (Wildman–Crippen LogP) is 3.12. The molecule has 0 saturated heterocycles. The molecule has 2 aromatic carbocycles. The van der Waals surface area contributed by atoms with E-state index in [1.54, 1.807) is 24.3 Å². The van der Waals surface area contributed by atoms with Gasteiger partial charge in [-0.25, -0.2) is 12.8 Å². The first-order valence-corrected chi connectivity index (χ1v) is 8.20. The van der Waals surface area contributed by atoms with Crippen LogP contribution in [0.25, 0.3) is 0 Å². The Labute approximate surface area is 130 Å². The Morgan fingerprint density at radius 1 is 1.20 bits per heavy atom. The highest BCUT2D eigenvalue weighted by atomic mass is 127. The summed E-state index contributed by atoms with van der Waals surface area (Å²) in [5.74, 6) is -0.629. The molecule has 0 aliphatic rings. The molecule has 0 heterocycles. The highest BCUT2D eigenvalue weighted by Gasteiger charge is 2.19. The predicted molar refractivity (Wildman–Crippen MR) is 85.5 cm³/mol. The lowest BCUT2D eigenvalue weighted by atomic mass is 10.2. The molecular formula is C13H12FIN2O2S. The van der Waals surface area contributed by atoms with Crippen molar-refractivity contribution in [1.29, 1.82) is 0 Å². The van der Waals surface area contributed by atoms with E-state index in [0.29, 0.717) is 11.3 Å². The molecule has 2 aromatic rings. The maximum Gasteiger partial charge on any atom is 0.262 e. The van der Waals surface area contributed by atoms with Gasteiger partial charge in [0.25, 0.3) is 10.0 Å². The van der Waals surface area contributed by atoms with Crippen molar-refractivity contribution >= 4 is 44.0 Å². The van der Waals surface area contributed by atoms with Gasteiger partial charge in [0, 0.05) is 9.26 Å². The lowest BCUT2D eigenvalue weighted by Crippen LogP contribution is -2.15. The molecule has 0 atom stereocenters. The molecule has 0 fully saturated rings. The first-order chi connectivity index (χ1) is 9.29. The summed E-state index contributed by atoms with van der Waals surface area (Å²) >= 11 is 2.12. The number of aryl methyl sites for hydroxylation is 1. The van der Waals surface area contributed by atoms with Crippen LogP contribution in [0.4, 0.5) is 15.8 Å². The van der Waals surface area contributed by atoms with Crippen LogP contribution in [0.2, 0.25) is 0 Å². The van der Waals surface area contributed by atoms with Gasteiger partial charge in [-0.05, 0) is 71.5 Å². The van der Waals surface area contributed by atoms with E-state index in [0.717, 1.165) is 15.7 Å². The van der Waals surface area contributed by atoms with Crippen molar-refractivity contribution in [2.45, 2.75) is 11.8 Å². The molecule has 20 heavy (non-hydrogen) atoms. The van der Waals surface area contributed by atoms with Gasteiger partial charge in [0.05, 0.1) is 10.6 Å². The molecule has 3 N–H and O–H groups in total. The van der Waals surface area contributed by atoms with Crippen LogP contribution in [0, 0.1) is 16.3 Å². The molecule has 2 rings (SSSR count). The summed E-state index contributed by atoms with van der Waals surface area (Å²) < 4.78 is 41.3. The highest BCUT2D eigenvalue weighted by Crippen LogP contribution is 2.24. The summed E-state index contributed by atoms with van der Waals surface area (Å²) in [6, 6.07) is 9.11. The van der Waals surface area contributed by atoms with Crippen molar-refractivity contribution < 1.29 is 12.8 Å². The zero-order valence-electron chi connectivity index (χ0n) is 10.5. The van der Waals surface area contributed by atoms with E-state index in [9.17, 15) is 12.8 Å². The molecule has 7 heteroatoms. The van der Waals surface area contributed by atoms with Gasteiger partial charge in [-0.3, -0.25) is 4.72 Å². The fourth-order valence-corrected chi connectivity index (χ4v) is 3.37. The second-order valence-corrected chi connectivity index (χ2v) is 7.15. The van der Waals surface area contributed by atoms with Gasteiger partial charge in [0.1, 0.15) is 5.82 Å². The number of anilines is 2.